The van der Waals surface area contributed by atoms with Crippen LogP contribution in [0.3, 0.4) is 0 Å². The van der Waals surface area contributed by atoms with Crippen molar-refractivity contribution in [3.63, 3.8) is 0 Å². The Morgan fingerprint density at radius 3 is 2.19 bits per heavy atom. The van der Waals surface area contributed by atoms with Crippen LogP contribution in [0.25, 0.3) is 10.8 Å². The first kappa shape index (κ1) is 20.5. The molecule has 3 aromatic carbocycles. The van der Waals surface area contributed by atoms with Gasteiger partial charge in [-0.3, -0.25) is 14.6 Å². The van der Waals surface area contributed by atoms with Crippen molar-refractivity contribution in [2.75, 3.05) is 6.61 Å². The first-order valence-corrected chi connectivity index (χ1v) is 10.3. The van der Waals surface area contributed by atoms with Crippen molar-refractivity contribution < 1.29 is 14.3 Å². The van der Waals surface area contributed by atoms with Crippen LogP contribution >= 0.6 is 0 Å². The fourth-order valence-electron chi connectivity index (χ4n) is 3.97. The average Bonchev–Trinajstić information content (AvgIpc) is 2.83. The molecule has 0 radical (unpaired) electrons. The Bertz CT molecular complexity index is 1180. The number of Topliss-reactive ketones (excluding diaryl/α,β-unsaturated/α-hetero) is 1. The van der Waals surface area contributed by atoms with Crippen molar-refractivity contribution in [1.82, 2.24) is 4.98 Å². The molecule has 0 N–H and O–H groups in total. The largest absolute Gasteiger partial charge is 0.465 e. The van der Waals surface area contributed by atoms with E-state index < -0.39 is 17.8 Å². The van der Waals surface area contributed by atoms with Gasteiger partial charge in [-0.25, -0.2) is 0 Å². The van der Waals surface area contributed by atoms with Gasteiger partial charge in [0.2, 0.25) is 0 Å². The summed E-state index contributed by atoms with van der Waals surface area (Å²) >= 11 is 0. The molecule has 0 amide bonds. The Balaban J connectivity index is 1.95. The lowest BCUT2D eigenvalue weighted by atomic mass is 9.78. The third kappa shape index (κ3) is 4.24. The zero-order valence-electron chi connectivity index (χ0n) is 17.3. The van der Waals surface area contributed by atoms with Gasteiger partial charge in [0, 0.05) is 23.1 Å². The van der Waals surface area contributed by atoms with Crippen LogP contribution in [0.5, 0.6) is 0 Å². The van der Waals surface area contributed by atoms with Crippen molar-refractivity contribution >= 4 is 22.5 Å². The third-order valence-corrected chi connectivity index (χ3v) is 5.37. The molecule has 4 heteroatoms. The minimum atomic E-state index is -1.05. The van der Waals surface area contributed by atoms with Gasteiger partial charge in [-0.05, 0) is 23.9 Å². The summed E-state index contributed by atoms with van der Waals surface area (Å²) in [5.41, 5.74) is 2.00. The zero-order valence-corrected chi connectivity index (χ0v) is 17.3. The fourth-order valence-corrected chi connectivity index (χ4v) is 3.97. The molecule has 4 nitrogen and oxygen atoms in total. The van der Waals surface area contributed by atoms with Crippen LogP contribution < -0.4 is 0 Å². The second kappa shape index (κ2) is 9.35. The molecule has 4 aromatic rings. The van der Waals surface area contributed by atoms with Crippen LogP contribution in [0.1, 0.15) is 34.5 Å². The van der Waals surface area contributed by atoms with E-state index in [1.54, 1.807) is 37.4 Å². The summed E-state index contributed by atoms with van der Waals surface area (Å²) < 4.78 is 5.40. The normalized spacial score (nSPS) is 12.8. The number of nitrogens with zero attached hydrogens (tertiary/aromatic N) is 1. The van der Waals surface area contributed by atoms with Crippen molar-refractivity contribution in [3.8, 4) is 0 Å². The second-order valence-electron chi connectivity index (χ2n) is 7.27. The summed E-state index contributed by atoms with van der Waals surface area (Å²) in [6.07, 6.45) is 1.73. The lowest BCUT2D eigenvalue weighted by Gasteiger charge is -2.26. The Morgan fingerprint density at radius 1 is 0.839 bits per heavy atom. The molecule has 0 aliphatic carbocycles. The lowest BCUT2D eigenvalue weighted by Crippen LogP contribution is -2.33. The van der Waals surface area contributed by atoms with Crippen LogP contribution in [-0.4, -0.2) is 23.3 Å². The Morgan fingerprint density at radius 2 is 1.48 bits per heavy atom. The molecular formula is C27H23NO3. The van der Waals surface area contributed by atoms with Crippen LogP contribution in [0.4, 0.5) is 0 Å². The summed E-state index contributed by atoms with van der Waals surface area (Å²) in [6, 6.07) is 28.3. The van der Waals surface area contributed by atoms with Gasteiger partial charge in [0.05, 0.1) is 12.3 Å². The maximum atomic E-state index is 13.7. The van der Waals surface area contributed by atoms with E-state index in [2.05, 4.69) is 4.98 Å². The highest BCUT2D eigenvalue weighted by Crippen LogP contribution is 2.37. The van der Waals surface area contributed by atoms with Gasteiger partial charge >= 0.3 is 5.97 Å². The van der Waals surface area contributed by atoms with E-state index in [9.17, 15) is 9.59 Å². The number of fused-ring (bicyclic) bond motifs is 1. The smallest absolute Gasteiger partial charge is 0.317 e. The van der Waals surface area contributed by atoms with Crippen LogP contribution in [0.2, 0.25) is 0 Å². The maximum Gasteiger partial charge on any atom is 0.317 e. The van der Waals surface area contributed by atoms with Gasteiger partial charge in [0.15, 0.2) is 5.78 Å². The number of ether oxygens (including phenoxy) is 1. The van der Waals surface area contributed by atoms with Gasteiger partial charge in [-0.1, -0.05) is 84.9 Å². The number of hydrogen-bond donors (Lipinski definition) is 0. The van der Waals surface area contributed by atoms with E-state index in [4.69, 9.17) is 4.74 Å². The lowest BCUT2D eigenvalue weighted by molar-refractivity contribution is -0.146. The second-order valence-corrected chi connectivity index (χ2v) is 7.27. The van der Waals surface area contributed by atoms with Gasteiger partial charge in [-0.2, -0.15) is 0 Å². The molecule has 0 aliphatic heterocycles. The quantitative estimate of drug-likeness (QED) is 0.232. The minimum absolute atomic E-state index is 0.196. The number of hydrogen-bond acceptors (Lipinski definition) is 4. The maximum absolute atomic E-state index is 13.7. The molecule has 0 aliphatic rings. The zero-order chi connectivity index (χ0) is 21.6. The topological polar surface area (TPSA) is 56.3 Å². The molecule has 0 fully saturated rings. The van der Waals surface area contributed by atoms with Gasteiger partial charge in [0.25, 0.3) is 0 Å². The predicted molar refractivity (Wildman–Crippen MR) is 121 cm³/mol. The average molecular weight is 409 g/mol. The molecule has 0 saturated heterocycles. The summed E-state index contributed by atoms with van der Waals surface area (Å²) in [7, 11) is 0. The Hall–Kier alpha value is -3.79. The monoisotopic (exact) mass is 409 g/mol. The van der Waals surface area contributed by atoms with Gasteiger partial charge in [0.1, 0.15) is 5.92 Å². The SMILES string of the molecule is CCOC(=O)[C@H](C(=O)c1ccccc1)[C@H](c1ccccc1)c1nccc2ccccc12. The molecule has 0 spiro atoms. The molecule has 0 bridgehead atoms. The minimum Gasteiger partial charge on any atom is -0.465 e. The highest BCUT2D eigenvalue weighted by Gasteiger charge is 2.40. The fraction of sp³-hybridized carbons (Fsp3) is 0.148. The van der Waals surface area contributed by atoms with Crippen LogP contribution in [0.15, 0.2) is 97.2 Å². The summed E-state index contributed by atoms with van der Waals surface area (Å²) in [6.45, 7) is 1.94. The summed E-state index contributed by atoms with van der Waals surface area (Å²) in [5.74, 6) is -2.45. The molecular weight excluding hydrogens is 386 g/mol. The van der Waals surface area contributed by atoms with Crippen molar-refractivity contribution in [2.24, 2.45) is 5.92 Å². The summed E-state index contributed by atoms with van der Waals surface area (Å²) in [5, 5.41) is 1.91. The van der Waals surface area contributed by atoms with Crippen molar-refractivity contribution in [2.45, 2.75) is 12.8 Å². The molecule has 1 aromatic heterocycles. The molecule has 154 valence electrons. The number of rotatable bonds is 7. The highest BCUT2D eigenvalue weighted by atomic mass is 16.5. The van der Waals surface area contributed by atoms with E-state index in [-0.39, 0.29) is 12.4 Å². The van der Waals surface area contributed by atoms with Crippen LogP contribution in [-0.2, 0) is 9.53 Å². The van der Waals surface area contributed by atoms with E-state index >= 15 is 0 Å². The van der Waals surface area contributed by atoms with Crippen molar-refractivity contribution in [3.05, 3.63) is 114 Å². The number of aromatic nitrogens is 1. The number of benzene rings is 3. The molecule has 31 heavy (non-hydrogen) atoms. The Kier molecular flexibility index (Phi) is 6.18. The highest BCUT2D eigenvalue weighted by molar-refractivity contribution is 6.10. The predicted octanol–water partition coefficient (Wildman–Crippen LogP) is 5.43. The van der Waals surface area contributed by atoms with E-state index in [1.807, 2.05) is 66.7 Å². The first-order chi connectivity index (χ1) is 15.2. The number of carbonyl (C=O) groups is 2. The van der Waals surface area contributed by atoms with Crippen LogP contribution in [0, 0.1) is 5.92 Å². The van der Waals surface area contributed by atoms with E-state index in [0.717, 1.165) is 16.3 Å². The molecule has 2 atom stereocenters. The number of pyridine rings is 1. The molecule has 0 saturated carbocycles. The number of esters is 1. The summed E-state index contributed by atoms with van der Waals surface area (Å²) in [4.78, 5) is 31.5. The third-order valence-electron chi connectivity index (χ3n) is 5.37. The van der Waals surface area contributed by atoms with E-state index in [0.29, 0.717) is 11.3 Å². The van der Waals surface area contributed by atoms with Gasteiger partial charge < -0.3 is 4.74 Å². The standard InChI is InChI=1S/C27H23NO3/c1-2-31-27(30)24(26(29)21-14-7-4-8-15-21)23(20-12-5-3-6-13-20)25-22-16-10-9-11-19(22)17-18-28-25/h3-18,23-24H,2H2,1H3/t23-,24-/m0/s1. The number of ketones is 1. The van der Waals surface area contributed by atoms with E-state index in [1.165, 1.54) is 0 Å². The Labute approximate surface area is 181 Å². The molecule has 0 unspecified atom stereocenters. The van der Waals surface area contributed by atoms with Gasteiger partial charge in [-0.15, -0.1) is 0 Å². The first-order valence-electron chi connectivity index (χ1n) is 10.3. The molecule has 1 heterocycles. The molecule has 4 rings (SSSR count). The van der Waals surface area contributed by atoms with Crippen molar-refractivity contribution in [1.29, 1.82) is 0 Å². The number of carbonyl (C=O) groups excluding carboxylic acids is 2.